The van der Waals surface area contributed by atoms with Gasteiger partial charge in [0.15, 0.2) is 0 Å². The molecule has 0 aromatic rings. The molecule has 1 nitrogen and oxygen atoms in total. The van der Waals surface area contributed by atoms with E-state index >= 15 is 0 Å². The SMILES string of the molecule is CC(C)C1CC2(CCN2C(C)C)C1. The van der Waals surface area contributed by atoms with Crippen LogP contribution in [-0.2, 0) is 0 Å². The van der Waals surface area contributed by atoms with Crippen LogP contribution in [0, 0.1) is 11.8 Å². The van der Waals surface area contributed by atoms with Gasteiger partial charge in [-0.1, -0.05) is 13.8 Å². The molecule has 0 aromatic heterocycles. The summed E-state index contributed by atoms with van der Waals surface area (Å²) >= 11 is 0. The third-order valence-corrected chi connectivity index (χ3v) is 4.28. The van der Waals surface area contributed by atoms with Crippen LogP contribution in [0.4, 0.5) is 0 Å². The highest BCUT2D eigenvalue weighted by molar-refractivity contribution is 5.10. The Bertz CT molecular complexity index is 189. The largest absolute Gasteiger partial charge is 0.295 e. The summed E-state index contributed by atoms with van der Waals surface area (Å²) in [4.78, 5) is 2.71. The predicted molar refractivity (Wildman–Crippen MR) is 56.8 cm³/mol. The van der Waals surface area contributed by atoms with Gasteiger partial charge in [0, 0.05) is 18.1 Å². The first kappa shape index (κ1) is 9.51. The molecular formula is C12H23N. The standard InChI is InChI=1S/C12H23N/c1-9(2)11-7-12(8-11)5-6-13(12)10(3)4/h9-11H,5-8H2,1-4H3. The van der Waals surface area contributed by atoms with Crippen molar-refractivity contribution in [3.63, 3.8) is 0 Å². The van der Waals surface area contributed by atoms with Crippen molar-refractivity contribution in [3.8, 4) is 0 Å². The molecule has 0 aromatic carbocycles. The lowest BCUT2D eigenvalue weighted by Gasteiger charge is -2.64. The molecule has 1 aliphatic carbocycles. The number of hydrogen-bond donors (Lipinski definition) is 0. The van der Waals surface area contributed by atoms with Gasteiger partial charge >= 0.3 is 0 Å². The van der Waals surface area contributed by atoms with Crippen LogP contribution in [0.5, 0.6) is 0 Å². The minimum Gasteiger partial charge on any atom is -0.295 e. The average molecular weight is 181 g/mol. The van der Waals surface area contributed by atoms with E-state index in [9.17, 15) is 0 Å². The van der Waals surface area contributed by atoms with Crippen LogP contribution in [-0.4, -0.2) is 23.0 Å². The molecule has 0 N–H and O–H groups in total. The van der Waals surface area contributed by atoms with Crippen LogP contribution in [0.25, 0.3) is 0 Å². The predicted octanol–water partition coefficient (Wildman–Crippen LogP) is 2.91. The van der Waals surface area contributed by atoms with Gasteiger partial charge in [0.2, 0.25) is 0 Å². The van der Waals surface area contributed by atoms with Crippen LogP contribution >= 0.6 is 0 Å². The number of likely N-dealkylation sites (tertiary alicyclic amines) is 1. The van der Waals surface area contributed by atoms with Crippen LogP contribution in [0.15, 0.2) is 0 Å². The fraction of sp³-hybridized carbons (Fsp3) is 1.00. The van der Waals surface area contributed by atoms with Gasteiger partial charge in [-0.05, 0) is 44.9 Å². The van der Waals surface area contributed by atoms with Gasteiger partial charge in [0.05, 0.1) is 0 Å². The first-order chi connectivity index (χ1) is 6.05. The Morgan fingerprint density at radius 3 is 2.08 bits per heavy atom. The molecular weight excluding hydrogens is 158 g/mol. The van der Waals surface area contributed by atoms with E-state index in [1.807, 2.05) is 0 Å². The van der Waals surface area contributed by atoms with Gasteiger partial charge in [-0.2, -0.15) is 0 Å². The van der Waals surface area contributed by atoms with Gasteiger partial charge in [-0.25, -0.2) is 0 Å². The van der Waals surface area contributed by atoms with E-state index in [1.54, 1.807) is 0 Å². The second-order valence-electron chi connectivity index (χ2n) is 5.67. The van der Waals surface area contributed by atoms with E-state index in [0.717, 1.165) is 17.9 Å². The third-order valence-electron chi connectivity index (χ3n) is 4.28. The highest BCUT2D eigenvalue weighted by atomic mass is 15.3. The van der Waals surface area contributed by atoms with Crippen LogP contribution < -0.4 is 0 Å². The van der Waals surface area contributed by atoms with E-state index in [-0.39, 0.29) is 0 Å². The summed E-state index contributed by atoms with van der Waals surface area (Å²) in [5, 5.41) is 0. The highest BCUT2D eigenvalue weighted by Gasteiger charge is 2.54. The van der Waals surface area contributed by atoms with Gasteiger partial charge in [0.25, 0.3) is 0 Å². The Kier molecular flexibility index (Phi) is 2.18. The normalized spacial score (nSPS) is 39.7. The fourth-order valence-corrected chi connectivity index (χ4v) is 3.19. The summed E-state index contributed by atoms with van der Waals surface area (Å²) in [6.45, 7) is 10.8. The minimum atomic E-state index is 0.670. The molecule has 1 spiro atoms. The maximum Gasteiger partial charge on any atom is 0.0230 e. The lowest BCUT2D eigenvalue weighted by atomic mass is 9.58. The maximum absolute atomic E-state index is 2.71. The van der Waals surface area contributed by atoms with Crippen LogP contribution in [0.3, 0.4) is 0 Å². The van der Waals surface area contributed by atoms with E-state index in [1.165, 1.54) is 25.8 Å². The summed E-state index contributed by atoms with van der Waals surface area (Å²) in [5.74, 6) is 1.92. The molecule has 1 saturated heterocycles. The van der Waals surface area contributed by atoms with E-state index < -0.39 is 0 Å². The molecule has 13 heavy (non-hydrogen) atoms. The van der Waals surface area contributed by atoms with Crippen molar-refractivity contribution in [1.29, 1.82) is 0 Å². The molecule has 0 atom stereocenters. The molecule has 1 saturated carbocycles. The van der Waals surface area contributed by atoms with Crippen molar-refractivity contribution in [3.05, 3.63) is 0 Å². The zero-order chi connectivity index (χ0) is 9.64. The molecule has 1 heteroatoms. The van der Waals surface area contributed by atoms with Gasteiger partial charge < -0.3 is 0 Å². The lowest BCUT2D eigenvalue weighted by molar-refractivity contribution is -0.131. The highest BCUT2D eigenvalue weighted by Crippen LogP contribution is 2.53. The van der Waals surface area contributed by atoms with Crippen molar-refractivity contribution in [2.75, 3.05) is 6.54 Å². The topological polar surface area (TPSA) is 3.24 Å². The molecule has 0 bridgehead atoms. The number of hydrogen-bond acceptors (Lipinski definition) is 1. The van der Waals surface area contributed by atoms with Crippen molar-refractivity contribution >= 4 is 0 Å². The van der Waals surface area contributed by atoms with E-state index in [2.05, 4.69) is 32.6 Å². The van der Waals surface area contributed by atoms with Gasteiger partial charge in [-0.15, -0.1) is 0 Å². The Morgan fingerprint density at radius 1 is 1.15 bits per heavy atom. The summed E-state index contributed by atoms with van der Waals surface area (Å²) < 4.78 is 0. The number of nitrogens with zero attached hydrogens (tertiary/aromatic N) is 1. The zero-order valence-electron chi connectivity index (χ0n) is 9.51. The Hall–Kier alpha value is -0.0400. The summed E-state index contributed by atoms with van der Waals surface area (Å²) in [6, 6.07) is 0.766. The summed E-state index contributed by atoms with van der Waals surface area (Å²) in [5.41, 5.74) is 0.670. The van der Waals surface area contributed by atoms with Crippen molar-refractivity contribution in [2.24, 2.45) is 11.8 Å². The number of rotatable bonds is 2. The summed E-state index contributed by atoms with van der Waals surface area (Å²) in [7, 11) is 0. The molecule has 2 rings (SSSR count). The third kappa shape index (κ3) is 1.32. The second kappa shape index (κ2) is 2.98. The van der Waals surface area contributed by atoms with Crippen LogP contribution in [0.1, 0.15) is 47.0 Å². The van der Waals surface area contributed by atoms with Crippen molar-refractivity contribution in [2.45, 2.75) is 58.5 Å². The van der Waals surface area contributed by atoms with Crippen molar-refractivity contribution in [1.82, 2.24) is 4.90 Å². The fourth-order valence-electron chi connectivity index (χ4n) is 3.19. The average Bonchev–Trinajstić information content (AvgIpc) is 1.78. The summed E-state index contributed by atoms with van der Waals surface area (Å²) in [6.07, 6.45) is 4.42. The molecule has 0 radical (unpaired) electrons. The van der Waals surface area contributed by atoms with Crippen LogP contribution in [0.2, 0.25) is 0 Å². The maximum atomic E-state index is 2.71. The molecule has 1 aliphatic heterocycles. The minimum absolute atomic E-state index is 0.670. The molecule has 2 fully saturated rings. The quantitative estimate of drug-likeness (QED) is 0.633. The zero-order valence-corrected chi connectivity index (χ0v) is 9.51. The van der Waals surface area contributed by atoms with Gasteiger partial charge in [0.1, 0.15) is 0 Å². The first-order valence-electron chi connectivity index (χ1n) is 5.82. The first-order valence-corrected chi connectivity index (χ1v) is 5.82. The molecule has 76 valence electrons. The van der Waals surface area contributed by atoms with E-state index in [0.29, 0.717) is 5.54 Å². The second-order valence-corrected chi connectivity index (χ2v) is 5.67. The monoisotopic (exact) mass is 181 g/mol. The van der Waals surface area contributed by atoms with Gasteiger partial charge in [-0.3, -0.25) is 4.90 Å². The molecule has 2 aliphatic rings. The smallest absolute Gasteiger partial charge is 0.0230 e. The Labute approximate surface area is 82.5 Å². The molecule has 0 unspecified atom stereocenters. The van der Waals surface area contributed by atoms with Crippen molar-refractivity contribution < 1.29 is 0 Å². The molecule has 0 amide bonds. The molecule has 1 heterocycles. The van der Waals surface area contributed by atoms with E-state index in [4.69, 9.17) is 0 Å². The Morgan fingerprint density at radius 2 is 1.77 bits per heavy atom. The lowest BCUT2D eigenvalue weighted by Crippen LogP contribution is -2.68. The Balaban J connectivity index is 1.90.